The molecule has 4 N–H and O–H groups in total. The Hall–Kier alpha value is -2.16. The number of carboxylic acid groups (broad SMARTS) is 2. The second-order valence-electron chi connectivity index (χ2n) is 6.73. The number of nitriles is 2. The lowest BCUT2D eigenvalue weighted by Crippen LogP contribution is -2.12. The second-order valence-corrected chi connectivity index (χ2v) is 6.73. The first-order chi connectivity index (χ1) is 13.3. The van der Waals surface area contributed by atoms with Gasteiger partial charge in [0.25, 0.3) is 0 Å². The van der Waals surface area contributed by atoms with E-state index in [0.717, 1.165) is 51.4 Å². The predicted molar refractivity (Wildman–Crippen MR) is 103 cm³/mol. The third kappa shape index (κ3) is 26.1. The van der Waals surface area contributed by atoms with Crippen LogP contribution in [0, 0.1) is 22.7 Å². The van der Waals surface area contributed by atoms with E-state index < -0.39 is 24.1 Å². The molecule has 8 heteroatoms. The Morgan fingerprint density at radius 1 is 0.643 bits per heavy atom. The highest BCUT2D eigenvalue weighted by Crippen LogP contribution is 2.09. The van der Waals surface area contributed by atoms with Gasteiger partial charge in [-0.05, 0) is 25.7 Å². The number of hydrogen-bond donors (Lipinski definition) is 4. The zero-order chi connectivity index (χ0) is 21.6. The molecule has 0 aliphatic carbocycles. The van der Waals surface area contributed by atoms with Crippen molar-refractivity contribution in [1.82, 2.24) is 0 Å². The SMILES string of the molecule is N#CCCCCCCC(O)CC(=O)O.N#CCCCCCCC(O)CC(=O)O. The summed E-state index contributed by atoms with van der Waals surface area (Å²) in [4.78, 5) is 20.4. The molecular weight excluding hydrogens is 364 g/mol. The van der Waals surface area contributed by atoms with E-state index in [9.17, 15) is 19.8 Å². The predicted octanol–water partition coefficient (Wildman–Crippen LogP) is 3.37. The Labute approximate surface area is 167 Å². The molecule has 0 aromatic heterocycles. The lowest BCUT2D eigenvalue weighted by molar-refractivity contribution is -0.140. The van der Waals surface area contributed by atoms with Crippen molar-refractivity contribution in [1.29, 1.82) is 10.5 Å². The van der Waals surface area contributed by atoms with Crippen LogP contribution in [0.3, 0.4) is 0 Å². The number of aliphatic hydroxyl groups excluding tert-OH is 2. The molecule has 0 radical (unpaired) electrons. The molecule has 0 aromatic rings. The standard InChI is InChI=1S/2C10H17NO3/c2*11-7-5-3-1-2-4-6-9(12)8-10(13)14/h2*9,12H,1-6,8H2,(H,13,14). The first-order valence-electron chi connectivity index (χ1n) is 9.87. The molecule has 0 aliphatic heterocycles. The summed E-state index contributed by atoms with van der Waals surface area (Å²) in [5, 5.41) is 51.6. The van der Waals surface area contributed by atoms with Gasteiger partial charge in [0.05, 0.1) is 37.2 Å². The van der Waals surface area contributed by atoms with Crippen molar-refractivity contribution < 1.29 is 30.0 Å². The van der Waals surface area contributed by atoms with Gasteiger partial charge in [0.1, 0.15) is 0 Å². The lowest BCUT2D eigenvalue weighted by Gasteiger charge is -2.06. The molecule has 8 nitrogen and oxygen atoms in total. The van der Waals surface area contributed by atoms with E-state index in [1.54, 1.807) is 0 Å². The van der Waals surface area contributed by atoms with Crippen LogP contribution in [0.25, 0.3) is 0 Å². The third-order valence-corrected chi connectivity index (χ3v) is 3.97. The van der Waals surface area contributed by atoms with E-state index in [1.807, 2.05) is 0 Å². The third-order valence-electron chi connectivity index (χ3n) is 3.97. The molecule has 0 heterocycles. The molecule has 0 bridgehead atoms. The van der Waals surface area contributed by atoms with E-state index in [-0.39, 0.29) is 12.8 Å². The van der Waals surface area contributed by atoms with Crippen LogP contribution < -0.4 is 0 Å². The van der Waals surface area contributed by atoms with E-state index in [4.69, 9.17) is 20.7 Å². The topological polar surface area (TPSA) is 163 Å². The van der Waals surface area contributed by atoms with Gasteiger partial charge in [-0.15, -0.1) is 0 Å². The van der Waals surface area contributed by atoms with Crippen LogP contribution in [0.15, 0.2) is 0 Å². The van der Waals surface area contributed by atoms with Crippen molar-refractivity contribution in [3.05, 3.63) is 0 Å². The maximum atomic E-state index is 10.2. The quantitative estimate of drug-likeness (QED) is 0.287. The molecule has 0 aromatic carbocycles. The van der Waals surface area contributed by atoms with E-state index in [1.165, 1.54) is 0 Å². The van der Waals surface area contributed by atoms with Crippen molar-refractivity contribution in [2.75, 3.05) is 0 Å². The molecular formula is C20H34N2O6. The van der Waals surface area contributed by atoms with Crippen LogP contribution in [-0.2, 0) is 9.59 Å². The van der Waals surface area contributed by atoms with Gasteiger partial charge in [0.2, 0.25) is 0 Å². The highest BCUT2D eigenvalue weighted by Gasteiger charge is 2.09. The molecule has 2 unspecified atom stereocenters. The fraction of sp³-hybridized carbons (Fsp3) is 0.800. The van der Waals surface area contributed by atoms with Crippen molar-refractivity contribution in [3.63, 3.8) is 0 Å². The Morgan fingerprint density at radius 2 is 0.964 bits per heavy atom. The zero-order valence-electron chi connectivity index (χ0n) is 16.6. The molecule has 0 fully saturated rings. The first-order valence-corrected chi connectivity index (χ1v) is 9.87. The minimum Gasteiger partial charge on any atom is -0.481 e. The van der Waals surface area contributed by atoms with Gasteiger partial charge in [-0.1, -0.05) is 38.5 Å². The van der Waals surface area contributed by atoms with Gasteiger partial charge in [0.15, 0.2) is 0 Å². The minimum absolute atomic E-state index is 0.168. The Kier molecular flexibility index (Phi) is 21.2. The van der Waals surface area contributed by atoms with E-state index in [2.05, 4.69) is 12.1 Å². The maximum absolute atomic E-state index is 10.2. The van der Waals surface area contributed by atoms with Crippen molar-refractivity contribution >= 4 is 11.9 Å². The van der Waals surface area contributed by atoms with E-state index in [0.29, 0.717) is 25.7 Å². The molecule has 0 spiro atoms. The van der Waals surface area contributed by atoms with Gasteiger partial charge in [-0.25, -0.2) is 0 Å². The molecule has 28 heavy (non-hydrogen) atoms. The summed E-state index contributed by atoms with van der Waals surface area (Å²) in [5.74, 6) is -1.91. The molecule has 0 amide bonds. The Bertz CT molecular complexity index is 440. The fourth-order valence-corrected chi connectivity index (χ4v) is 2.48. The van der Waals surface area contributed by atoms with Crippen LogP contribution in [0.2, 0.25) is 0 Å². The highest BCUT2D eigenvalue weighted by atomic mass is 16.4. The van der Waals surface area contributed by atoms with Crippen LogP contribution in [0.5, 0.6) is 0 Å². The molecule has 0 saturated carbocycles. The van der Waals surface area contributed by atoms with Crippen LogP contribution in [-0.4, -0.2) is 44.6 Å². The number of aliphatic carboxylic acids is 2. The molecule has 160 valence electrons. The minimum atomic E-state index is -0.956. The smallest absolute Gasteiger partial charge is 0.305 e. The Balaban J connectivity index is 0. The number of rotatable bonds is 16. The van der Waals surface area contributed by atoms with Crippen LogP contribution >= 0.6 is 0 Å². The normalized spacial score (nSPS) is 12.0. The maximum Gasteiger partial charge on any atom is 0.305 e. The molecule has 0 aliphatic rings. The van der Waals surface area contributed by atoms with Crippen molar-refractivity contribution in [3.8, 4) is 12.1 Å². The summed E-state index contributed by atoms with van der Waals surface area (Å²) in [6.07, 6.45) is 7.80. The summed E-state index contributed by atoms with van der Waals surface area (Å²) in [5.41, 5.74) is 0. The number of nitrogens with zero attached hydrogens (tertiary/aromatic N) is 2. The largest absolute Gasteiger partial charge is 0.481 e. The Morgan fingerprint density at radius 3 is 1.25 bits per heavy atom. The molecule has 0 saturated heterocycles. The number of carboxylic acids is 2. The molecule has 2 atom stereocenters. The summed E-state index contributed by atoms with van der Waals surface area (Å²) < 4.78 is 0. The average Bonchev–Trinajstić information content (AvgIpc) is 2.60. The summed E-state index contributed by atoms with van der Waals surface area (Å²) in [6, 6.07) is 4.13. The molecule has 0 rings (SSSR count). The fourth-order valence-electron chi connectivity index (χ4n) is 2.48. The van der Waals surface area contributed by atoms with Gasteiger partial charge < -0.3 is 20.4 Å². The monoisotopic (exact) mass is 398 g/mol. The summed E-state index contributed by atoms with van der Waals surface area (Å²) in [7, 11) is 0. The zero-order valence-corrected chi connectivity index (χ0v) is 16.6. The van der Waals surface area contributed by atoms with Crippen LogP contribution in [0.4, 0.5) is 0 Å². The van der Waals surface area contributed by atoms with Gasteiger partial charge in [-0.2, -0.15) is 10.5 Å². The lowest BCUT2D eigenvalue weighted by atomic mass is 10.1. The number of unbranched alkanes of at least 4 members (excludes halogenated alkanes) is 8. The van der Waals surface area contributed by atoms with Crippen molar-refractivity contribution in [2.45, 2.75) is 102 Å². The first kappa shape index (κ1) is 28.1. The van der Waals surface area contributed by atoms with Crippen LogP contribution in [0.1, 0.15) is 89.9 Å². The van der Waals surface area contributed by atoms with E-state index >= 15 is 0 Å². The number of hydrogen-bond acceptors (Lipinski definition) is 6. The number of carbonyl (C=O) groups is 2. The average molecular weight is 399 g/mol. The highest BCUT2D eigenvalue weighted by molar-refractivity contribution is 5.67. The second kappa shape index (κ2) is 21.1. The van der Waals surface area contributed by atoms with Gasteiger partial charge in [-0.3, -0.25) is 9.59 Å². The van der Waals surface area contributed by atoms with Gasteiger partial charge in [0, 0.05) is 12.8 Å². The van der Waals surface area contributed by atoms with Gasteiger partial charge >= 0.3 is 11.9 Å². The van der Waals surface area contributed by atoms with Crippen molar-refractivity contribution in [2.24, 2.45) is 0 Å². The summed E-state index contributed by atoms with van der Waals surface area (Å²) >= 11 is 0. The number of aliphatic hydroxyl groups is 2. The summed E-state index contributed by atoms with van der Waals surface area (Å²) in [6.45, 7) is 0.